The zero-order valence-electron chi connectivity index (χ0n) is 30.5. The standard InChI is InChI=1S/C41H42FN5O8/c1-41(2,3)55-40(54)46-33(20-28-23-44-32-15-9-7-13-29(28)32)38(52)47(35(48)21-27-12-6-8-14-30(27)42)39(53)34(22-36(49)50)45-37(51)31(43)19-24-16-17-25-10-4-5-11-26(25)18-24/h4-18,23,31,33-34,44H,19-22,43H2,1-3H3,(H,45,51)(H,46,54)(H,49,50)/t31-,33-,34-/m0/s1. The van der Waals surface area contributed by atoms with E-state index in [0.717, 1.165) is 16.8 Å². The molecule has 286 valence electrons. The van der Waals surface area contributed by atoms with Gasteiger partial charge in [0.05, 0.1) is 18.9 Å². The monoisotopic (exact) mass is 751 g/mol. The topological polar surface area (TPSA) is 201 Å². The van der Waals surface area contributed by atoms with Crippen LogP contribution in [0.1, 0.15) is 43.9 Å². The van der Waals surface area contributed by atoms with Gasteiger partial charge in [-0.25, -0.2) is 14.1 Å². The third-order valence-corrected chi connectivity index (χ3v) is 8.68. The Labute approximate surface area is 316 Å². The number of aromatic amines is 1. The minimum Gasteiger partial charge on any atom is -0.481 e. The summed E-state index contributed by atoms with van der Waals surface area (Å²) in [6.07, 6.45) is -1.55. The van der Waals surface area contributed by atoms with Gasteiger partial charge in [0.15, 0.2) is 0 Å². The van der Waals surface area contributed by atoms with Gasteiger partial charge in [0.1, 0.15) is 23.5 Å². The van der Waals surface area contributed by atoms with Crippen molar-refractivity contribution in [2.24, 2.45) is 5.73 Å². The highest BCUT2D eigenvalue weighted by molar-refractivity contribution is 6.15. The molecule has 13 nitrogen and oxygen atoms in total. The van der Waals surface area contributed by atoms with E-state index in [4.69, 9.17) is 10.5 Å². The second kappa shape index (κ2) is 17.2. The quantitative estimate of drug-likeness (QED) is 0.114. The second-order valence-electron chi connectivity index (χ2n) is 14.1. The van der Waals surface area contributed by atoms with Gasteiger partial charge in [-0.05, 0) is 66.8 Å². The summed E-state index contributed by atoms with van der Waals surface area (Å²) in [6, 6.07) is 20.5. The Kier molecular flexibility index (Phi) is 12.4. The van der Waals surface area contributed by atoms with E-state index in [2.05, 4.69) is 15.6 Å². The van der Waals surface area contributed by atoms with Crippen molar-refractivity contribution in [2.75, 3.05) is 0 Å². The minimum atomic E-state index is -1.98. The molecule has 5 amide bonds. The molecule has 14 heteroatoms. The highest BCUT2D eigenvalue weighted by Gasteiger charge is 2.40. The molecule has 55 heavy (non-hydrogen) atoms. The molecule has 1 aromatic heterocycles. The minimum absolute atomic E-state index is 0.00596. The number of alkyl carbamates (subject to hydrolysis) is 1. The summed E-state index contributed by atoms with van der Waals surface area (Å²) in [7, 11) is 0. The van der Waals surface area contributed by atoms with E-state index < -0.39 is 78.1 Å². The third-order valence-electron chi connectivity index (χ3n) is 8.68. The maximum atomic E-state index is 14.8. The van der Waals surface area contributed by atoms with Crippen LogP contribution in [0.5, 0.6) is 0 Å². The number of halogens is 1. The average Bonchev–Trinajstić information content (AvgIpc) is 3.53. The Morgan fingerprint density at radius 3 is 2.18 bits per heavy atom. The number of carbonyl (C=O) groups excluding carboxylic acids is 5. The van der Waals surface area contributed by atoms with Crippen LogP contribution in [0.2, 0.25) is 0 Å². The number of fused-ring (bicyclic) bond motifs is 2. The Morgan fingerprint density at radius 2 is 1.47 bits per heavy atom. The van der Waals surface area contributed by atoms with E-state index >= 15 is 0 Å². The number of benzene rings is 4. The number of ether oxygens (including phenoxy) is 1. The van der Waals surface area contributed by atoms with Crippen molar-refractivity contribution in [3.63, 3.8) is 0 Å². The highest BCUT2D eigenvalue weighted by Crippen LogP contribution is 2.22. The number of hydrogen-bond acceptors (Lipinski definition) is 8. The summed E-state index contributed by atoms with van der Waals surface area (Å²) < 4.78 is 20.2. The number of nitrogens with two attached hydrogens (primary N) is 1. The van der Waals surface area contributed by atoms with Crippen molar-refractivity contribution >= 4 is 57.4 Å². The number of carboxylic acids is 1. The maximum Gasteiger partial charge on any atom is 0.408 e. The molecular weight excluding hydrogens is 709 g/mol. The first-order valence-electron chi connectivity index (χ1n) is 17.5. The first-order chi connectivity index (χ1) is 26.1. The summed E-state index contributed by atoms with van der Waals surface area (Å²) in [4.78, 5) is 84.8. The molecule has 3 atom stereocenters. The van der Waals surface area contributed by atoms with E-state index in [0.29, 0.717) is 22.0 Å². The molecule has 0 saturated carbocycles. The Morgan fingerprint density at radius 1 is 0.818 bits per heavy atom. The predicted octanol–water partition coefficient (Wildman–Crippen LogP) is 4.55. The molecule has 6 N–H and O–H groups in total. The van der Waals surface area contributed by atoms with Crippen molar-refractivity contribution in [3.05, 3.63) is 120 Å². The van der Waals surface area contributed by atoms with Crippen molar-refractivity contribution in [3.8, 4) is 0 Å². The predicted molar refractivity (Wildman–Crippen MR) is 202 cm³/mol. The third kappa shape index (κ3) is 10.4. The van der Waals surface area contributed by atoms with Gasteiger partial charge in [-0.1, -0.05) is 78.9 Å². The number of carboxylic acid groups (broad SMARTS) is 1. The average molecular weight is 752 g/mol. The van der Waals surface area contributed by atoms with Gasteiger partial charge in [-0.2, -0.15) is 0 Å². The fraction of sp³-hybridized carbons (Fsp3) is 0.268. The Balaban J connectivity index is 1.48. The fourth-order valence-electron chi connectivity index (χ4n) is 6.09. The van der Waals surface area contributed by atoms with E-state index in [-0.39, 0.29) is 23.3 Å². The lowest BCUT2D eigenvalue weighted by Crippen LogP contribution is -2.60. The van der Waals surface area contributed by atoms with Crippen molar-refractivity contribution < 1.29 is 43.0 Å². The molecule has 5 rings (SSSR count). The van der Waals surface area contributed by atoms with Crippen LogP contribution in [0.15, 0.2) is 97.2 Å². The normalized spacial score (nSPS) is 13.0. The van der Waals surface area contributed by atoms with Crippen LogP contribution in [0, 0.1) is 5.82 Å². The number of H-pyrrole nitrogens is 1. The summed E-state index contributed by atoms with van der Waals surface area (Å²) in [5, 5.41) is 17.1. The summed E-state index contributed by atoms with van der Waals surface area (Å²) >= 11 is 0. The van der Waals surface area contributed by atoms with E-state index in [1.165, 1.54) is 18.2 Å². The summed E-state index contributed by atoms with van der Waals surface area (Å²) in [5.41, 5.74) is 6.98. The zero-order chi connectivity index (χ0) is 39.9. The SMILES string of the molecule is CC(C)(C)OC(=O)N[C@@H](Cc1c[nH]c2ccccc12)C(=O)N(C(=O)Cc1ccccc1F)C(=O)[C@H](CC(=O)O)NC(=O)[C@@H](N)Cc1ccc2ccccc2c1. The lowest BCUT2D eigenvalue weighted by molar-refractivity contribution is -0.158. The maximum absolute atomic E-state index is 14.8. The Hall–Kier alpha value is -6.41. The summed E-state index contributed by atoms with van der Waals surface area (Å²) in [5.74, 6) is -7.20. The molecule has 0 fully saturated rings. The van der Waals surface area contributed by atoms with E-state index in [1.807, 2.05) is 36.4 Å². The van der Waals surface area contributed by atoms with Crippen molar-refractivity contribution in [1.82, 2.24) is 20.5 Å². The molecule has 0 aliphatic rings. The van der Waals surface area contributed by atoms with Crippen LogP contribution in [-0.2, 0) is 48.0 Å². The molecule has 5 aromatic rings. The number of imide groups is 3. The molecule has 0 saturated heterocycles. The highest BCUT2D eigenvalue weighted by atomic mass is 19.1. The van der Waals surface area contributed by atoms with Gasteiger partial charge < -0.3 is 31.2 Å². The number of hydrogen-bond donors (Lipinski definition) is 5. The van der Waals surface area contributed by atoms with E-state index in [1.54, 1.807) is 57.3 Å². The lowest BCUT2D eigenvalue weighted by atomic mass is 10.0. The van der Waals surface area contributed by atoms with Gasteiger partial charge in [0, 0.05) is 23.5 Å². The van der Waals surface area contributed by atoms with Gasteiger partial charge >= 0.3 is 12.1 Å². The number of nitrogens with zero attached hydrogens (tertiary/aromatic N) is 1. The van der Waals surface area contributed by atoms with Crippen LogP contribution in [0.25, 0.3) is 21.7 Å². The molecule has 1 heterocycles. The van der Waals surface area contributed by atoms with Crippen molar-refractivity contribution in [1.29, 1.82) is 0 Å². The largest absolute Gasteiger partial charge is 0.481 e. The first kappa shape index (κ1) is 39.8. The van der Waals surface area contributed by atoms with Crippen LogP contribution in [0.4, 0.5) is 9.18 Å². The van der Waals surface area contributed by atoms with Crippen molar-refractivity contribution in [2.45, 2.75) is 70.2 Å². The zero-order valence-corrected chi connectivity index (χ0v) is 30.5. The van der Waals surface area contributed by atoms with Crippen LogP contribution in [-0.4, -0.2) is 74.4 Å². The van der Waals surface area contributed by atoms with Gasteiger partial charge in [0.2, 0.25) is 11.8 Å². The molecular formula is C41H42FN5O8. The van der Waals surface area contributed by atoms with Crippen LogP contribution >= 0.6 is 0 Å². The second-order valence-corrected chi connectivity index (χ2v) is 14.1. The Bertz CT molecular complexity index is 2250. The molecule has 0 bridgehead atoms. The van der Waals surface area contributed by atoms with Crippen LogP contribution < -0.4 is 16.4 Å². The number of aliphatic carboxylic acids is 1. The van der Waals surface area contributed by atoms with Gasteiger partial charge in [0.25, 0.3) is 11.8 Å². The molecule has 0 radical (unpaired) electrons. The number of rotatable bonds is 13. The van der Waals surface area contributed by atoms with E-state index in [9.17, 15) is 38.3 Å². The number of para-hydroxylation sites is 1. The number of amides is 5. The summed E-state index contributed by atoms with van der Waals surface area (Å²) in [6.45, 7) is 4.79. The van der Waals surface area contributed by atoms with Gasteiger partial charge in [-0.15, -0.1) is 0 Å². The van der Waals surface area contributed by atoms with Crippen LogP contribution in [0.3, 0.4) is 0 Å². The first-order valence-corrected chi connectivity index (χ1v) is 17.5. The number of carbonyl (C=O) groups is 6. The molecule has 4 aromatic carbocycles. The molecule has 0 unspecified atom stereocenters. The van der Waals surface area contributed by atoms with Gasteiger partial charge in [-0.3, -0.25) is 24.0 Å². The number of nitrogens with one attached hydrogen (secondary N) is 3. The lowest BCUT2D eigenvalue weighted by Gasteiger charge is -2.29. The molecule has 0 aliphatic carbocycles. The smallest absolute Gasteiger partial charge is 0.408 e. The fourth-order valence-corrected chi connectivity index (χ4v) is 6.09. The molecule has 0 spiro atoms. The molecule has 0 aliphatic heterocycles. The number of aromatic nitrogens is 1.